The van der Waals surface area contributed by atoms with Crippen LogP contribution in [0.15, 0.2) is 30.3 Å². The van der Waals surface area contributed by atoms with E-state index in [2.05, 4.69) is 24.8 Å². The first-order valence-electron chi connectivity index (χ1n) is 6.72. The van der Waals surface area contributed by atoms with Crippen LogP contribution >= 0.6 is 12.6 Å². The minimum absolute atomic E-state index is 0.493. The third-order valence-electron chi connectivity index (χ3n) is 4.02. The fraction of sp³-hybridized carbons (Fsp3) is 0.375. The molecule has 100 valence electrons. The molecule has 0 aliphatic heterocycles. The predicted octanol–water partition coefficient (Wildman–Crippen LogP) is 2.65. The molecule has 0 bridgehead atoms. The van der Waals surface area contributed by atoms with E-state index >= 15 is 0 Å². The van der Waals surface area contributed by atoms with E-state index in [1.54, 1.807) is 0 Å². The molecule has 3 rings (SSSR count). The second kappa shape index (κ2) is 5.16. The molecule has 0 spiro atoms. The van der Waals surface area contributed by atoms with Gasteiger partial charge in [-0.15, -0.1) is 0 Å². The molecule has 2 unspecified atom stereocenters. The van der Waals surface area contributed by atoms with Crippen molar-refractivity contribution in [2.24, 2.45) is 0 Å². The van der Waals surface area contributed by atoms with Crippen LogP contribution in [0.5, 0.6) is 0 Å². The summed E-state index contributed by atoms with van der Waals surface area (Å²) in [6.45, 7) is 0. The first-order valence-corrected chi connectivity index (χ1v) is 7.36. The van der Waals surface area contributed by atoms with Crippen LogP contribution in [-0.4, -0.2) is 22.1 Å². The van der Waals surface area contributed by atoms with Gasteiger partial charge >= 0.3 is 0 Å². The van der Waals surface area contributed by atoms with E-state index in [4.69, 9.17) is 0 Å². The van der Waals surface area contributed by atoms with E-state index < -0.39 is 12.2 Å². The van der Waals surface area contributed by atoms with Gasteiger partial charge in [0.1, 0.15) is 6.10 Å². The van der Waals surface area contributed by atoms with E-state index in [1.807, 2.05) is 18.2 Å². The summed E-state index contributed by atoms with van der Waals surface area (Å²) in [6, 6.07) is 10.3. The summed E-state index contributed by atoms with van der Waals surface area (Å²) in [7, 11) is 0. The van der Waals surface area contributed by atoms with Crippen molar-refractivity contribution in [3.05, 3.63) is 47.0 Å². The van der Waals surface area contributed by atoms with Gasteiger partial charge in [-0.05, 0) is 52.5 Å². The SMILES string of the molecule is OC(CCS)C(O)c1ccc2c3c(cccc13)CC2. The maximum Gasteiger partial charge on any atom is 0.105 e. The zero-order chi connectivity index (χ0) is 13.4. The molecule has 3 heteroatoms. The lowest BCUT2D eigenvalue weighted by Gasteiger charge is -2.19. The maximum absolute atomic E-state index is 10.3. The van der Waals surface area contributed by atoms with Gasteiger partial charge in [0.2, 0.25) is 0 Å². The zero-order valence-electron chi connectivity index (χ0n) is 10.7. The Morgan fingerprint density at radius 2 is 1.79 bits per heavy atom. The summed E-state index contributed by atoms with van der Waals surface area (Å²) in [5.41, 5.74) is 3.53. The number of benzene rings is 2. The summed E-state index contributed by atoms with van der Waals surface area (Å²) in [5.74, 6) is 0.569. The van der Waals surface area contributed by atoms with Gasteiger partial charge in [0.05, 0.1) is 6.10 Å². The fourth-order valence-corrected chi connectivity index (χ4v) is 3.29. The summed E-state index contributed by atoms with van der Waals surface area (Å²) in [4.78, 5) is 0. The summed E-state index contributed by atoms with van der Waals surface area (Å²) in [6.07, 6.45) is 1.05. The summed E-state index contributed by atoms with van der Waals surface area (Å²) in [5, 5.41) is 22.7. The first kappa shape index (κ1) is 13.0. The largest absolute Gasteiger partial charge is 0.390 e. The van der Waals surface area contributed by atoms with Gasteiger partial charge in [-0.25, -0.2) is 0 Å². The van der Waals surface area contributed by atoms with E-state index in [0.717, 1.165) is 23.8 Å². The highest BCUT2D eigenvalue weighted by Crippen LogP contribution is 2.35. The van der Waals surface area contributed by atoms with Crippen molar-refractivity contribution in [2.45, 2.75) is 31.5 Å². The second-order valence-corrected chi connectivity index (χ2v) is 5.63. The van der Waals surface area contributed by atoms with Crippen LogP contribution in [0.4, 0.5) is 0 Å². The van der Waals surface area contributed by atoms with Crippen molar-refractivity contribution in [2.75, 3.05) is 5.75 Å². The topological polar surface area (TPSA) is 40.5 Å². The third-order valence-corrected chi connectivity index (χ3v) is 4.28. The van der Waals surface area contributed by atoms with E-state index in [0.29, 0.717) is 12.2 Å². The van der Waals surface area contributed by atoms with E-state index in [9.17, 15) is 10.2 Å². The molecule has 0 aromatic heterocycles. The number of aliphatic hydroxyl groups excluding tert-OH is 2. The molecule has 2 N–H and O–H groups in total. The Balaban J connectivity index is 2.11. The Labute approximate surface area is 118 Å². The molecule has 0 heterocycles. The molecular formula is C16H18O2S. The average Bonchev–Trinajstić information content (AvgIpc) is 2.84. The van der Waals surface area contributed by atoms with Crippen molar-refractivity contribution in [3.63, 3.8) is 0 Å². The number of rotatable bonds is 4. The van der Waals surface area contributed by atoms with Crippen LogP contribution in [0.2, 0.25) is 0 Å². The van der Waals surface area contributed by atoms with Crippen LogP contribution in [-0.2, 0) is 12.8 Å². The van der Waals surface area contributed by atoms with Crippen molar-refractivity contribution in [1.29, 1.82) is 0 Å². The molecule has 2 aromatic rings. The van der Waals surface area contributed by atoms with Gasteiger partial charge in [-0.3, -0.25) is 0 Å². The van der Waals surface area contributed by atoms with Crippen LogP contribution in [0, 0.1) is 0 Å². The highest BCUT2D eigenvalue weighted by Gasteiger charge is 2.22. The molecule has 2 aromatic carbocycles. The van der Waals surface area contributed by atoms with E-state index in [1.165, 1.54) is 16.5 Å². The molecule has 1 aliphatic rings. The number of hydrogen-bond acceptors (Lipinski definition) is 3. The van der Waals surface area contributed by atoms with E-state index in [-0.39, 0.29) is 0 Å². The van der Waals surface area contributed by atoms with Crippen LogP contribution in [0.3, 0.4) is 0 Å². The lowest BCUT2D eigenvalue weighted by Crippen LogP contribution is -2.19. The predicted molar refractivity (Wildman–Crippen MR) is 80.8 cm³/mol. The van der Waals surface area contributed by atoms with Gasteiger partial charge in [-0.1, -0.05) is 30.3 Å². The summed E-state index contributed by atoms with van der Waals surface area (Å²) >= 11 is 4.11. The molecule has 0 radical (unpaired) electrons. The number of aryl methyl sites for hydroxylation is 2. The Hall–Kier alpha value is -1.03. The molecule has 0 saturated heterocycles. The standard InChI is InChI=1S/C16H18O2S/c17-14(8-9-19)16(18)13-7-6-11-5-4-10-2-1-3-12(13)15(10)11/h1-3,6-7,14,16-19H,4-5,8-9H2. The average molecular weight is 274 g/mol. The number of hydrogen-bond donors (Lipinski definition) is 3. The lowest BCUT2D eigenvalue weighted by molar-refractivity contribution is 0.0181. The normalized spacial score (nSPS) is 16.8. The van der Waals surface area contributed by atoms with Crippen molar-refractivity contribution >= 4 is 23.4 Å². The second-order valence-electron chi connectivity index (χ2n) is 5.18. The molecular weight excluding hydrogens is 256 g/mol. The van der Waals surface area contributed by atoms with Crippen molar-refractivity contribution < 1.29 is 10.2 Å². The first-order chi connectivity index (χ1) is 9.22. The number of aliphatic hydroxyl groups is 2. The van der Waals surface area contributed by atoms with Gasteiger partial charge in [0.15, 0.2) is 0 Å². The molecule has 1 aliphatic carbocycles. The van der Waals surface area contributed by atoms with Crippen LogP contribution in [0.25, 0.3) is 10.8 Å². The third kappa shape index (κ3) is 2.16. The summed E-state index contributed by atoms with van der Waals surface area (Å²) < 4.78 is 0. The Bertz CT molecular complexity index is 599. The van der Waals surface area contributed by atoms with Gasteiger partial charge < -0.3 is 10.2 Å². The van der Waals surface area contributed by atoms with Gasteiger partial charge in [0, 0.05) is 0 Å². The Kier molecular flexibility index (Phi) is 3.52. The molecule has 19 heavy (non-hydrogen) atoms. The highest BCUT2D eigenvalue weighted by molar-refractivity contribution is 7.80. The maximum atomic E-state index is 10.3. The molecule has 0 fully saturated rings. The quantitative estimate of drug-likeness (QED) is 0.750. The highest BCUT2D eigenvalue weighted by atomic mass is 32.1. The minimum Gasteiger partial charge on any atom is -0.390 e. The number of thiol groups is 1. The van der Waals surface area contributed by atoms with Gasteiger partial charge in [-0.2, -0.15) is 12.6 Å². The van der Waals surface area contributed by atoms with Gasteiger partial charge in [0.25, 0.3) is 0 Å². The zero-order valence-corrected chi connectivity index (χ0v) is 11.6. The lowest BCUT2D eigenvalue weighted by atomic mass is 9.94. The van der Waals surface area contributed by atoms with Crippen molar-refractivity contribution in [1.82, 2.24) is 0 Å². The van der Waals surface area contributed by atoms with Crippen molar-refractivity contribution in [3.8, 4) is 0 Å². The minimum atomic E-state index is -0.836. The monoisotopic (exact) mass is 274 g/mol. The fourth-order valence-electron chi connectivity index (χ4n) is 3.02. The molecule has 2 nitrogen and oxygen atoms in total. The molecule has 2 atom stereocenters. The smallest absolute Gasteiger partial charge is 0.105 e. The Morgan fingerprint density at radius 1 is 1.05 bits per heavy atom. The Morgan fingerprint density at radius 3 is 2.53 bits per heavy atom. The molecule has 0 saturated carbocycles. The van der Waals surface area contributed by atoms with Crippen LogP contribution < -0.4 is 0 Å². The van der Waals surface area contributed by atoms with Crippen LogP contribution in [0.1, 0.15) is 29.2 Å². The molecule has 0 amide bonds.